The van der Waals surface area contributed by atoms with E-state index < -0.39 is 21.9 Å². The van der Waals surface area contributed by atoms with Crippen molar-refractivity contribution in [2.24, 2.45) is 0 Å². The van der Waals surface area contributed by atoms with Gasteiger partial charge in [0.1, 0.15) is 0 Å². The summed E-state index contributed by atoms with van der Waals surface area (Å²) in [5.74, 6) is -0.919. The van der Waals surface area contributed by atoms with Gasteiger partial charge < -0.3 is 9.64 Å². The van der Waals surface area contributed by atoms with Crippen molar-refractivity contribution < 1.29 is 22.7 Å². The third-order valence-electron chi connectivity index (χ3n) is 4.44. The predicted molar refractivity (Wildman–Crippen MR) is 107 cm³/mol. The molecule has 0 aliphatic carbocycles. The van der Waals surface area contributed by atoms with E-state index in [0.29, 0.717) is 13.0 Å². The van der Waals surface area contributed by atoms with Crippen molar-refractivity contribution in [2.75, 3.05) is 24.3 Å². The quantitative estimate of drug-likeness (QED) is 0.389. The van der Waals surface area contributed by atoms with Crippen molar-refractivity contribution >= 4 is 39.6 Å². The Balaban J connectivity index is 1.93. The number of thioether (sulfide) groups is 1. The fourth-order valence-electron chi connectivity index (χ4n) is 2.99. The average molecular weight is 412 g/mol. The number of carbonyl (C=O) groups excluding carboxylic acids is 2. The first kappa shape index (κ1) is 21.5. The maximum atomic E-state index is 12.6. The van der Waals surface area contributed by atoms with Crippen LogP contribution < -0.4 is 0 Å². The van der Waals surface area contributed by atoms with Gasteiger partial charge >= 0.3 is 5.97 Å². The topological polar surface area (TPSA) is 80.8 Å². The Kier molecular flexibility index (Phi) is 7.49. The van der Waals surface area contributed by atoms with Crippen LogP contribution in [0.3, 0.4) is 0 Å². The zero-order chi connectivity index (χ0) is 20.0. The van der Waals surface area contributed by atoms with Gasteiger partial charge in [0.15, 0.2) is 15.9 Å². The van der Waals surface area contributed by atoms with E-state index in [4.69, 9.17) is 4.74 Å². The SMILES string of the molecule is CCN(C(=O)[C@@H](C)OC(=O)/C=C/c1ccc(SC)cc1)[C@H]1CCS(=O)(=O)C1. The molecule has 0 bridgehead atoms. The Morgan fingerprint density at radius 2 is 2.00 bits per heavy atom. The highest BCUT2D eigenvalue weighted by Crippen LogP contribution is 2.19. The lowest BCUT2D eigenvalue weighted by Gasteiger charge is -2.29. The highest BCUT2D eigenvalue weighted by atomic mass is 32.2. The van der Waals surface area contributed by atoms with E-state index in [1.54, 1.807) is 24.8 Å². The minimum absolute atomic E-state index is 0.0286. The molecule has 0 N–H and O–H groups in total. The molecule has 27 heavy (non-hydrogen) atoms. The molecule has 0 spiro atoms. The van der Waals surface area contributed by atoms with E-state index in [9.17, 15) is 18.0 Å². The lowest BCUT2D eigenvalue weighted by atomic mass is 10.2. The third kappa shape index (κ3) is 6.10. The minimum atomic E-state index is -3.09. The van der Waals surface area contributed by atoms with Crippen LogP contribution in [-0.4, -0.2) is 61.6 Å². The molecule has 8 heteroatoms. The molecular formula is C19H25NO5S2. The number of hydrogen-bond donors (Lipinski definition) is 0. The molecule has 6 nitrogen and oxygen atoms in total. The molecule has 1 aromatic rings. The normalized spacial score (nSPS) is 19.7. The molecule has 1 aliphatic rings. The Morgan fingerprint density at radius 3 is 2.52 bits per heavy atom. The van der Waals surface area contributed by atoms with Crippen LogP contribution in [0, 0.1) is 0 Å². The number of benzene rings is 1. The number of likely N-dealkylation sites (N-methyl/N-ethyl adjacent to an activating group) is 1. The number of nitrogens with zero attached hydrogens (tertiary/aromatic N) is 1. The van der Waals surface area contributed by atoms with Gasteiger partial charge in [-0.1, -0.05) is 12.1 Å². The molecule has 1 aliphatic heterocycles. The van der Waals surface area contributed by atoms with Gasteiger partial charge in [0.25, 0.3) is 5.91 Å². The Morgan fingerprint density at radius 1 is 1.33 bits per heavy atom. The van der Waals surface area contributed by atoms with Crippen molar-refractivity contribution in [3.63, 3.8) is 0 Å². The molecule has 0 radical (unpaired) electrons. The molecular weight excluding hydrogens is 386 g/mol. The molecule has 1 fully saturated rings. The molecule has 1 aromatic carbocycles. The summed E-state index contributed by atoms with van der Waals surface area (Å²) in [7, 11) is -3.09. The van der Waals surface area contributed by atoms with Crippen LogP contribution in [0.4, 0.5) is 0 Å². The number of hydrogen-bond acceptors (Lipinski definition) is 6. The van der Waals surface area contributed by atoms with Crippen LogP contribution in [-0.2, 0) is 24.2 Å². The maximum Gasteiger partial charge on any atom is 0.331 e. The monoisotopic (exact) mass is 411 g/mol. The molecule has 1 heterocycles. The summed E-state index contributed by atoms with van der Waals surface area (Å²) >= 11 is 1.63. The molecule has 1 saturated heterocycles. The largest absolute Gasteiger partial charge is 0.449 e. The van der Waals surface area contributed by atoms with E-state index in [1.807, 2.05) is 30.5 Å². The van der Waals surface area contributed by atoms with Crippen molar-refractivity contribution in [2.45, 2.75) is 37.3 Å². The first-order chi connectivity index (χ1) is 12.8. The Bertz CT molecular complexity index is 802. The van der Waals surface area contributed by atoms with Crippen LogP contribution in [0.25, 0.3) is 6.08 Å². The standard InChI is InChI=1S/C19H25NO5S2/c1-4-20(16-11-12-27(23,24)13-16)19(22)14(2)25-18(21)10-7-15-5-8-17(26-3)9-6-15/h5-10,14,16H,4,11-13H2,1-3H3/b10-7+/t14-,16+/m1/s1. The third-order valence-corrected chi connectivity index (χ3v) is 6.94. The summed E-state index contributed by atoms with van der Waals surface area (Å²) in [6, 6.07) is 7.35. The van der Waals surface area contributed by atoms with E-state index >= 15 is 0 Å². The number of ether oxygens (including phenoxy) is 1. The van der Waals surface area contributed by atoms with Gasteiger partial charge in [-0.3, -0.25) is 4.79 Å². The summed E-state index contributed by atoms with van der Waals surface area (Å²) in [4.78, 5) is 27.2. The summed E-state index contributed by atoms with van der Waals surface area (Å²) in [5, 5.41) is 0. The number of rotatable bonds is 7. The van der Waals surface area contributed by atoms with E-state index in [-0.39, 0.29) is 23.5 Å². The van der Waals surface area contributed by atoms with Crippen LogP contribution in [0.5, 0.6) is 0 Å². The van der Waals surface area contributed by atoms with Crippen molar-refractivity contribution in [3.8, 4) is 0 Å². The number of sulfone groups is 1. The van der Waals surface area contributed by atoms with E-state index in [0.717, 1.165) is 10.5 Å². The maximum absolute atomic E-state index is 12.6. The van der Waals surface area contributed by atoms with E-state index in [2.05, 4.69) is 0 Å². The molecule has 2 rings (SSSR count). The second-order valence-corrected chi connectivity index (χ2v) is 9.48. The van der Waals surface area contributed by atoms with Gasteiger partial charge in [0.05, 0.1) is 11.5 Å². The molecule has 0 saturated carbocycles. The smallest absolute Gasteiger partial charge is 0.331 e. The second-order valence-electron chi connectivity index (χ2n) is 6.37. The van der Waals surface area contributed by atoms with Gasteiger partial charge in [-0.05, 0) is 50.3 Å². The predicted octanol–water partition coefficient (Wildman–Crippen LogP) is 2.39. The Hall–Kier alpha value is -1.80. The highest BCUT2D eigenvalue weighted by molar-refractivity contribution is 7.98. The molecule has 0 unspecified atom stereocenters. The number of amides is 1. The Labute approximate surface area is 164 Å². The van der Waals surface area contributed by atoms with Gasteiger partial charge in [0, 0.05) is 23.6 Å². The van der Waals surface area contributed by atoms with Gasteiger partial charge in [-0.2, -0.15) is 0 Å². The number of carbonyl (C=O) groups is 2. The zero-order valence-corrected chi connectivity index (χ0v) is 17.4. The van der Waals surface area contributed by atoms with Crippen LogP contribution in [0.2, 0.25) is 0 Å². The van der Waals surface area contributed by atoms with Crippen LogP contribution >= 0.6 is 11.8 Å². The van der Waals surface area contributed by atoms with Crippen molar-refractivity contribution in [1.82, 2.24) is 4.90 Å². The minimum Gasteiger partial charge on any atom is -0.449 e. The second kappa shape index (κ2) is 9.41. The molecule has 0 aromatic heterocycles. The molecule has 148 valence electrons. The summed E-state index contributed by atoms with van der Waals surface area (Å²) in [5.41, 5.74) is 0.857. The van der Waals surface area contributed by atoms with Gasteiger partial charge in [0.2, 0.25) is 0 Å². The first-order valence-corrected chi connectivity index (χ1v) is 11.8. The fraction of sp³-hybridized carbons (Fsp3) is 0.474. The lowest BCUT2D eigenvalue weighted by molar-refractivity contribution is -0.156. The highest BCUT2D eigenvalue weighted by Gasteiger charge is 2.36. The van der Waals surface area contributed by atoms with E-state index in [1.165, 1.54) is 17.9 Å². The summed E-state index contributed by atoms with van der Waals surface area (Å²) in [6.45, 7) is 3.67. The summed E-state index contributed by atoms with van der Waals surface area (Å²) < 4.78 is 28.5. The lowest BCUT2D eigenvalue weighted by Crippen LogP contribution is -2.46. The van der Waals surface area contributed by atoms with Crippen molar-refractivity contribution in [3.05, 3.63) is 35.9 Å². The van der Waals surface area contributed by atoms with Crippen LogP contribution in [0.15, 0.2) is 35.2 Å². The first-order valence-electron chi connectivity index (χ1n) is 8.79. The molecule has 2 atom stereocenters. The average Bonchev–Trinajstić information content (AvgIpc) is 3.00. The zero-order valence-electron chi connectivity index (χ0n) is 15.8. The van der Waals surface area contributed by atoms with Crippen molar-refractivity contribution in [1.29, 1.82) is 0 Å². The fourth-order valence-corrected chi connectivity index (χ4v) is 5.13. The number of esters is 1. The van der Waals surface area contributed by atoms with Gasteiger partial charge in [-0.25, -0.2) is 13.2 Å². The summed E-state index contributed by atoms with van der Waals surface area (Å²) in [6.07, 6.45) is 4.36. The van der Waals surface area contributed by atoms with Gasteiger partial charge in [-0.15, -0.1) is 11.8 Å². The van der Waals surface area contributed by atoms with Crippen LogP contribution in [0.1, 0.15) is 25.8 Å². The molecule has 1 amide bonds.